The summed E-state index contributed by atoms with van der Waals surface area (Å²) in [5, 5.41) is 26.7. The van der Waals surface area contributed by atoms with Crippen LogP contribution in [0, 0.1) is 21.4 Å². The molecule has 2 saturated carbocycles. The number of anilines is 4. The number of carbonyl (C=O) groups is 1. The molecule has 4 N–H and O–H groups in total. The number of hydrogen-bond acceptors (Lipinski definition) is 14. The van der Waals surface area contributed by atoms with Gasteiger partial charge < -0.3 is 39.4 Å². The van der Waals surface area contributed by atoms with E-state index < -0.39 is 31.4 Å². The second-order valence-corrected chi connectivity index (χ2v) is 22.7. The molecule has 1 amide bonds. The van der Waals surface area contributed by atoms with Crippen LogP contribution in [0.25, 0.3) is 11.0 Å². The topological polar surface area (TPSA) is 205 Å². The number of nitro benzene ring substituents is 1. The largest absolute Gasteiger partial charge is 0.489 e. The Hall–Kier alpha value is -5.95. The zero-order valence-corrected chi connectivity index (χ0v) is 40.9. The summed E-state index contributed by atoms with van der Waals surface area (Å²) in [5.74, 6) is -0.372. The highest BCUT2D eigenvalue weighted by molar-refractivity contribution is 7.90. The van der Waals surface area contributed by atoms with Crippen molar-refractivity contribution in [1.29, 1.82) is 0 Å². The lowest BCUT2D eigenvalue weighted by Gasteiger charge is -2.56. The van der Waals surface area contributed by atoms with E-state index in [2.05, 4.69) is 56.0 Å². The average Bonchev–Trinajstić information content (AvgIpc) is 4.06. The number of carbonyl (C=O) groups excluding carboxylic acids is 1. The van der Waals surface area contributed by atoms with Crippen LogP contribution in [0.15, 0.2) is 77.8 Å². The van der Waals surface area contributed by atoms with Gasteiger partial charge in [-0.2, -0.15) is 4.98 Å². The van der Waals surface area contributed by atoms with E-state index >= 15 is 0 Å². The van der Waals surface area contributed by atoms with Gasteiger partial charge in [0.2, 0.25) is 5.88 Å². The molecule has 3 saturated heterocycles. The number of nitro groups is 1. The van der Waals surface area contributed by atoms with Crippen molar-refractivity contribution in [2.75, 3.05) is 54.6 Å². The quantitative estimate of drug-likeness (QED) is 0.0771. The number of aryl methyl sites for hydroxylation is 1. The van der Waals surface area contributed by atoms with E-state index in [1.807, 2.05) is 35.4 Å². The Labute approximate surface area is 413 Å². The maximum atomic E-state index is 14.8. The molecule has 0 unspecified atom stereocenters. The van der Waals surface area contributed by atoms with Gasteiger partial charge in [0.15, 0.2) is 11.4 Å². The molecule has 374 valence electrons. The lowest BCUT2D eigenvalue weighted by molar-refractivity contribution is -0.384. The molecule has 5 aromatic rings. The van der Waals surface area contributed by atoms with Crippen LogP contribution in [0.4, 0.5) is 28.4 Å². The van der Waals surface area contributed by atoms with Crippen LogP contribution in [0.5, 0.6) is 11.6 Å². The van der Waals surface area contributed by atoms with E-state index in [1.165, 1.54) is 42.9 Å². The Morgan fingerprint density at radius 2 is 1.79 bits per heavy atom. The number of rotatable bonds is 10. The number of aromatic nitrogens is 2. The highest BCUT2D eigenvalue weighted by Gasteiger charge is 2.50. The van der Waals surface area contributed by atoms with Gasteiger partial charge in [-0.3, -0.25) is 19.8 Å². The summed E-state index contributed by atoms with van der Waals surface area (Å²) in [6.45, 7) is 6.03. The lowest BCUT2D eigenvalue weighted by atomic mass is 9.59. The number of nitrogens with zero attached hydrogens (tertiary/aromatic N) is 5. The maximum Gasteiger partial charge on any atom is 0.297 e. The lowest BCUT2D eigenvalue weighted by Crippen LogP contribution is -2.55. The number of H-pyrrole nitrogens is 1. The number of sulfonamides is 1. The minimum Gasteiger partial charge on any atom is -0.489 e. The first-order valence-electron chi connectivity index (χ1n) is 25.7. The van der Waals surface area contributed by atoms with Crippen LogP contribution in [-0.2, 0) is 21.2 Å². The Morgan fingerprint density at radius 1 is 0.972 bits per heavy atom. The Bertz CT molecular complexity index is 2980. The van der Waals surface area contributed by atoms with E-state index in [9.17, 15) is 28.4 Å². The second-order valence-electron chi connectivity index (χ2n) is 21.0. The van der Waals surface area contributed by atoms with E-state index in [4.69, 9.17) is 19.2 Å². The number of ether oxygens (including phenoxy) is 3. The molecule has 1 spiro atoms. The molecule has 5 aliphatic heterocycles. The van der Waals surface area contributed by atoms with Crippen LogP contribution >= 0.6 is 0 Å². The van der Waals surface area contributed by atoms with Crippen LogP contribution in [0.1, 0.15) is 105 Å². The number of amides is 1. The normalized spacial score (nSPS) is 26.3. The van der Waals surface area contributed by atoms with Gasteiger partial charge in [-0.05, 0) is 130 Å². The molecule has 7 aliphatic rings. The van der Waals surface area contributed by atoms with E-state index in [1.54, 1.807) is 6.07 Å². The maximum absolute atomic E-state index is 14.8. The highest BCUT2D eigenvalue weighted by atomic mass is 32.2. The molecule has 4 atom stereocenters. The third-order valence-corrected chi connectivity index (χ3v) is 18.3. The van der Waals surface area contributed by atoms with Gasteiger partial charge in [-0.25, -0.2) is 13.1 Å². The van der Waals surface area contributed by atoms with E-state index in [0.717, 1.165) is 68.9 Å². The molecule has 2 aliphatic carbocycles. The molecule has 17 nitrogen and oxygen atoms in total. The van der Waals surface area contributed by atoms with Crippen molar-refractivity contribution in [2.24, 2.45) is 11.3 Å². The first-order valence-corrected chi connectivity index (χ1v) is 27.1. The predicted octanol–water partition coefficient (Wildman–Crippen LogP) is 8.15. The molecular weight excluding hydrogens is 925 g/mol. The summed E-state index contributed by atoms with van der Waals surface area (Å²) in [7, 11) is -4.70. The first kappa shape index (κ1) is 46.1. The number of hydrogen-bond donors (Lipinski definition) is 4. The van der Waals surface area contributed by atoms with Crippen molar-refractivity contribution in [3.05, 3.63) is 99.7 Å². The van der Waals surface area contributed by atoms with Gasteiger partial charge in [0.1, 0.15) is 24.0 Å². The number of likely N-dealkylation sites (tertiary alicyclic amines) is 1. The standard InChI is InChI=1S/C53H62N8O9S/c1-2-32-6-3-4-7-39(32)42-8-5-20-59(42)36-28-53(29-36)17-21-58(22-18-53)35-11-14-40(43(25-35)60-45-24-34-15-19-54-50(34)56-52(45)70-47-16-23-68-31-46(47)60)51(63)57-71(66,67)38-26-44(61(64)65)49-48(27-38)69-30-41(55-49)33-9-12-37(62)13-10-33/h3-4,6-7,11,14-15,19,24-27,33,36-37,41-42,46-47,55,62H,2,5,8-10,12-13,16-18,20-23,28-31H2,1H3,(H,54,56)(H,57,63)/t33?,37?,41-,42+,46+,47-/m1/s1. The molecular formula is C53H62N8O9S. The first-order chi connectivity index (χ1) is 34.4. The summed E-state index contributed by atoms with van der Waals surface area (Å²) in [6.07, 6.45) is 12.4. The number of benzene rings is 3. The van der Waals surface area contributed by atoms with Crippen LogP contribution in [0.3, 0.4) is 0 Å². The number of aliphatic hydroxyl groups is 1. The zero-order valence-electron chi connectivity index (χ0n) is 40.1. The summed E-state index contributed by atoms with van der Waals surface area (Å²) >= 11 is 0. The monoisotopic (exact) mass is 986 g/mol. The Kier molecular flexibility index (Phi) is 11.9. The van der Waals surface area contributed by atoms with Gasteiger partial charge in [-0.15, -0.1) is 0 Å². The third-order valence-electron chi connectivity index (χ3n) is 17.0. The smallest absolute Gasteiger partial charge is 0.297 e. The second kappa shape index (κ2) is 18.3. The van der Waals surface area contributed by atoms with Crippen molar-refractivity contribution in [1.82, 2.24) is 19.6 Å². The van der Waals surface area contributed by atoms with Gasteiger partial charge in [-0.1, -0.05) is 31.2 Å². The van der Waals surface area contributed by atoms with Gasteiger partial charge in [0.25, 0.3) is 21.6 Å². The highest BCUT2D eigenvalue weighted by Crippen LogP contribution is 2.55. The Balaban J connectivity index is 0.837. The van der Waals surface area contributed by atoms with Crippen LogP contribution in [0.2, 0.25) is 0 Å². The SMILES string of the molecule is CCc1ccccc1[C@@H]1CCCN1C1CC2(CCN(c3ccc(C(=O)NS(=O)(=O)c4cc5c(c([N+](=O)[O-])c4)N[C@@H](C4CCC(O)CC4)CO5)c(N4c5cc6cc[nH]c6nc5O[C@@H]5CCOC[C@@H]54)c3)CC2)C1. The molecule has 5 fully saturated rings. The van der Waals surface area contributed by atoms with Crippen LogP contribution < -0.4 is 29.3 Å². The minimum absolute atomic E-state index is 0.0136. The molecule has 0 bridgehead atoms. The van der Waals surface area contributed by atoms with Crippen LogP contribution in [-0.4, -0.2) is 109 Å². The number of nitrogens with one attached hydrogen (secondary N) is 3. The fourth-order valence-electron chi connectivity index (χ4n) is 13.1. The van der Waals surface area contributed by atoms with Gasteiger partial charge in [0.05, 0.1) is 52.5 Å². The molecule has 7 heterocycles. The molecule has 12 rings (SSSR count). The number of pyridine rings is 1. The fourth-order valence-corrected chi connectivity index (χ4v) is 14.1. The number of fused-ring (bicyclic) bond motifs is 4. The molecule has 0 radical (unpaired) electrons. The van der Waals surface area contributed by atoms with Crippen molar-refractivity contribution in [3.63, 3.8) is 0 Å². The number of piperidine rings is 1. The third kappa shape index (κ3) is 8.43. The predicted molar refractivity (Wildman–Crippen MR) is 268 cm³/mol. The molecule has 2 aromatic heterocycles. The molecule has 18 heteroatoms. The zero-order chi connectivity index (χ0) is 48.6. The number of aromatic amines is 1. The van der Waals surface area contributed by atoms with E-state index in [0.29, 0.717) is 67.5 Å². The minimum atomic E-state index is -4.70. The van der Waals surface area contributed by atoms with E-state index in [-0.39, 0.29) is 59.2 Å². The van der Waals surface area contributed by atoms with Crippen molar-refractivity contribution >= 4 is 55.4 Å². The average molecular weight is 987 g/mol. The summed E-state index contributed by atoms with van der Waals surface area (Å²) in [4.78, 5) is 41.5. The summed E-state index contributed by atoms with van der Waals surface area (Å²) in [5.41, 5.74) is 5.61. The Morgan fingerprint density at radius 3 is 2.59 bits per heavy atom. The molecule has 3 aromatic carbocycles. The van der Waals surface area contributed by atoms with Crippen molar-refractivity contribution in [2.45, 2.75) is 125 Å². The van der Waals surface area contributed by atoms with Gasteiger partial charge in [0, 0.05) is 61.0 Å². The summed E-state index contributed by atoms with van der Waals surface area (Å²) < 4.78 is 49.7. The summed E-state index contributed by atoms with van der Waals surface area (Å²) in [6, 6.07) is 21.1. The molecule has 71 heavy (non-hydrogen) atoms. The number of aliphatic hydroxyl groups excluding tert-OH is 1. The van der Waals surface area contributed by atoms with Gasteiger partial charge >= 0.3 is 0 Å². The van der Waals surface area contributed by atoms with Crippen molar-refractivity contribution in [3.8, 4) is 11.6 Å². The fraction of sp³-hybridized carbons (Fsp3) is 0.509. The van der Waals surface area contributed by atoms with Crippen molar-refractivity contribution < 1.29 is 37.5 Å².